The molecule has 8 nitrogen and oxygen atoms in total. The lowest BCUT2D eigenvalue weighted by atomic mass is 9.80. The molecule has 0 radical (unpaired) electrons. The van der Waals surface area contributed by atoms with Crippen molar-refractivity contribution in [1.29, 1.82) is 0 Å². The van der Waals surface area contributed by atoms with Crippen molar-refractivity contribution in [3.05, 3.63) is 95.6 Å². The average molecular weight is 649 g/mol. The highest BCUT2D eigenvalue weighted by atomic mass is 16.6. The van der Waals surface area contributed by atoms with E-state index in [2.05, 4.69) is 51.9 Å². The maximum Gasteiger partial charge on any atom is 0.344 e. The Hall–Kier alpha value is -4.27. The summed E-state index contributed by atoms with van der Waals surface area (Å²) in [5.41, 5.74) is 5.32. The van der Waals surface area contributed by atoms with Crippen LogP contribution in [0.15, 0.2) is 78.9 Å². The normalized spacial score (nSPS) is 17.2. The number of nitrogens with zero attached hydrogens (tertiary/aromatic N) is 2. The Morgan fingerprint density at radius 3 is 2.50 bits per heavy atom. The Kier molecular flexibility index (Phi) is 11.7. The number of likely N-dealkylation sites (tertiary alicyclic amines) is 1. The number of ether oxygens (including phenoxy) is 2. The molecule has 2 fully saturated rings. The number of aryl methyl sites for hydroxylation is 1. The second kappa shape index (κ2) is 16.7. The molecular weight excluding hydrogens is 600 g/mol. The van der Waals surface area contributed by atoms with E-state index in [0.717, 1.165) is 67.1 Å². The zero-order valence-electron chi connectivity index (χ0n) is 28.1. The molecule has 0 saturated carbocycles. The van der Waals surface area contributed by atoms with Gasteiger partial charge in [-0.2, -0.15) is 0 Å². The van der Waals surface area contributed by atoms with Crippen LogP contribution in [0, 0.1) is 11.8 Å². The molecule has 1 atom stereocenters. The van der Waals surface area contributed by atoms with Gasteiger partial charge in [0.1, 0.15) is 5.75 Å². The fourth-order valence-electron chi connectivity index (χ4n) is 7.35. The van der Waals surface area contributed by atoms with E-state index in [1.807, 2.05) is 42.5 Å². The van der Waals surface area contributed by atoms with Gasteiger partial charge in [0.15, 0.2) is 6.61 Å². The molecule has 1 aromatic heterocycles. The van der Waals surface area contributed by atoms with Gasteiger partial charge in [-0.1, -0.05) is 60.7 Å². The van der Waals surface area contributed by atoms with Crippen molar-refractivity contribution in [3.8, 4) is 17.0 Å². The number of rotatable bonds is 13. The molecule has 3 heterocycles. The van der Waals surface area contributed by atoms with E-state index in [0.29, 0.717) is 42.4 Å². The molecule has 6 rings (SSSR count). The van der Waals surface area contributed by atoms with Crippen molar-refractivity contribution in [2.75, 3.05) is 45.9 Å². The lowest BCUT2D eigenvalue weighted by Crippen LogP contribution is -2.41. The molecular formula is C40H48N4O4. The Morgan fingerprint density at radius 1 is 0.958 bits per heavy atom. The highest BCUT2D eigenvalue weighted by Gasteiger charge is 2.30. The average Bonchev–Trinajstić information content (AvgIpc) is 3.13. The van der Waals surface area contributed by atoms with Gasteiger partial charge in [-0.05, 0) is 94.6 Å². The number of carbonyl (C=O) groups is 2. The van der Waals surface area contributed by atoms with Crippen molar-refractivity contribution >= 4 is 22.8 Å². The maximum absolute atomic E-state index is 14.3. The van der Waals surface area contributed by atoms with Gasteiger partial charge in [0.25, 0.3) is 5.91 Å². The second-order valence-corrected chi connectivity index (χ2v) is 13.0. The van der Waals surface area contributed by atoms with Gasteiger partial charge in [-0.15, -0.1) is 0 Å². The number of nitrogens with one attached hydrogen (secondary N) is 2. The number of hydrogen-bond acceptors (Lipinski definition) is 7. The van der Waals surface area contributed by atoms with Crippen LogP contribution in [-0.4, -0.2) is 67.7 Å². The molecule has 252 valence electrons. The topological polar surface area (TPSA) is 92.8 Å². The van der Waals surface area contributed by atoms with E-state index in [9.17, 15) is 9.59 Å². The van der Waals surface area contributed by atoms with Crippen LogP contribution in [0.3, 0.4) is 0 Å². The second-order valence-electron chi connectivity index (χ2n) is 13.0. The van der Waals surface area contributed by atoms with E-state index < -0.39 is 5.97 Å². The standard InChI is InChI=1S/C40H48N4O4/c1-2-47-37(45)28-48-33-17-18-34-36(25-33)43-39(31-14-7-4-8-15-31)35(27-44-24-10-16-32(26-44)30-19-22-41-23-20-30)38(34)40(46)42-21-9-13-29-11-5-3-6-12-29/h3-8,11-12,14-15,17-18,25,30,32,41H,2,9-10,13,16,19-24,26-28H2,1H3,(H,42,46)/t32-/m1/s1. The molecule has 1 amide bonds. The van der Waals surface area contributed by atoms with E-state index in [1.54, 1.807) is 6.92 Å². The summed E-state index contributed by atoms with van der Waals surface area (Å²) in [5, 5.41) is 7.56. The van der Waals surface area contributed by atoms with Crippen molar-refractivity contribution < 1.29 is 19.1 Å². The Labute approximate surface area is 284 Å². The molecule has 4 aromatic rings. The summed E-state index contributed by atoms with van der Waals surface area (Å²) in [4.78, 5) is 34.1. The largest absolute Gasteiger partial charge is 0.482 e. The van der Waals surface area contributed by atoms with E-state index >= 15 is 0 Å². The summed E-state index contributed by atoms with van der Waals surface area (Å²) < 4.78 is 10.8. The number of pyridine rings is 1. The molecule has 2 saturated heterocycles. The predicted octanol–water partition coefficient (Wildman–Crippen LogP) is 6.42. The number of amides is 1. The molecule has 8 heteroatoms. The van der Waals surface area contributed by atoms with E-state index in [-0.39, 0.29) is 12.5 Å². The molecule has 2 aliphatic rings. The number of esters is 1. The molecule has 0 spiro atoms. The Bertz CT molecular complexity index is 1660. The van der Waals surface area contributed by atoms with Crippen LogP contribution in [0.25, 0.3) is 22.2 Å². The van der Waals surface area contributed by atoms with Gasteiger partial charge in [0.2, 0.25) is 0 Å². The number of piperidine rings is 2. The fraction of sp³-hybridized carbons (Fsp3) is 0.425. The summed E-state index contributed by atoms with van der Waals surface area (Å²) in [7, 11) is 0. The minimum absolute atomic E-state index is 0.0882. The summed E-state index contributed by atoms with van der Waals surface area (Å²) >= 11 is 0. The van der Waals surface area contributed by atoms with Crippen molar-refractivity contribution in [2.45, 2.75) is 52.0 Å². The van der Waals surface area contributed by atoms with Crippen LogP contribution in [0.1, 0.15) is 60.5 Å². The number of aromatic nitrogens is 1. The lowest BCUT2D eigenvalue weighted by Gasteiger charge is -2.39. The SMILES string of the molecule is CCOC(=O)COc1ccc2c(C(=O)NCCCc3ccccc3)c(CN3CCC[C@@H](C4CCNCC4)C3)c(-c3ccccc3)nc2c1. The highest BCUT2D eigenvalue weighted by molar-refractivity contribution is 6.09. The molecule has 0 bridgehead atoms. The van der Waals surface area contributed by atoms with Crippen LogP contribution in [0.5, 0.6) is 5.75 Å². The molecule has 0 unspecified atom stereocenters. The molecule has 0 aliphatic carbocycles. The Balaban J connectivity index is 1.35. The molecule has 2 aliphatic heterocycles. The summed E-state index contributed by atoms with van der Waals surface area (Å²) in [6, 6.07) is 26.1. The van der Waals surface area contributed by atoms with Gasteiger partial charge in [-0.3, -0.25) is 9.69 Å². The highest BCUT2D eigenvalue weighted by Crippen LogP contribution is 2.35. The number of carbonyl (C=O) groups excluding carboxylic acids is 2. The summed E-state index contributed by atoms with van der Waals surface area (Å²) in [6.45, 7) is 7.36. The third-order valence-electron chi connectivity index (χ3n) is 9.74. The first-order valence-corrected chi connectivity index (χ1v) is 17.6. The quantitative estimate of drug-likeness (QED) is 0.128. The first kappa shape index (κ1) is 33.6. The third kappa shape index (κ3) is 8.60. The Morgan fingerprint density at radius 2 is 1.73 bits per heavy atom. The van der Waals surface area contributed by atoms with Crippen LogP contribution in [-0.2, 0) is 22.5 Å². The number of fused-ring (bicyclic) bond motifs is 1. The minimum Gasteiger partial charge on any atom is -0.482 e. The van der Waals surface area contributed by atoms with Crippen LogP contribution in [0.4, 0.5) is 0 Å². The smallest absolute Gasteiger partial charge is 0.344 e. The van der Waals surface area contributed by atoms with Crippen molar-refractivity contribution in [1.82, 2.24) is 20.5 Å². The van der Waals surface area contributed by atoms with Gasteiger partial charge >= 0.3 is 5.97 Å². The van der Waals surface area contributed by atoms with Crippen molar-refractivity contribution in [3.63, 3.8) is 0 Å². The first-order chi connectivity index (χ1) is 23.6. The first-order valence-electron chi connectivity index (χ1n) is 17.6. The van der Waals surface area contributed by atoms with Crippen LogP contribution in [0.2, 0.25) is 0 Å². The third-order valence-corrected chi connectivity index (χ3v) is 9.74. The zero-order valence-corrected chi connectivity index (χ0v) is 28.1. The van der Waals surface area contributed by atoms with Gasteiger partial charge in [0, 0.05) is 42.2 Å². The zero-order chi connectivity index (χ0) is 33.1. The number of hydrogen-bond donors (Lipinski definition) is 2. The monoisotopic (exact) mass is 648 g/mol. The predicted molar refractivity (Wildman–Crippen MR) is 190 cm³/mol. The number of benzene rings is 3. The fourth-order valence-corrected chi connectivity index (χ4v) is 7.35. The molecule has 3 aromatic carbocycles. The van der Waals surface area contributed by atoms with Crippen molar-refractivity contribution in [2.24, 2.45) is 11.8 Å². The summed E-state index contributed by atoms with van der Waals surface area (Å²) in [6.07, 6.45) is 6.65. The van der Waals surface area contributed by atoms with Gasteiger partial charge in [0.05, 0.1) is 23.4 Å². The molecule has 48 heavy (non-hydrogen) atoms. The van der Waals surface area contributed by atoms with Crippen LogP contribution < -0.4 is 15.4 Å². The van der Waals surface area contributed by atoms with E-state index in [1.165, 1.54) is 31.2 Å². The van der Waals surface area contributed by atoms with E-state index in [4.69, 9.17) is 14.5 Å². The lowest BCUT2D eigenvalue weighted by molar-refractivity contribution is -0.145. The molecule has 2 N–H and O–H groups in total. The summed E-state index contributed by atoms with van der Waals surface area (Å²) in [5.74, 6) is 1.41. The van der Waals surface area contributed by atoms with Gasteiger partial charge < -0.3 is 20.1 Å². The van der Waals surface area contributed by atoms with Crippen LogP contribution >= 0.6 is 0 Å². The van der Waals surface area contributed by atoms with Gasteiger partial charge in [-0.25, -0.2) is 9.78 Å². The minimum atomic E-state index is -0.425. The maximum atomic E-state index is 14.3.